The zero-order valence-corrected chi connectivity index (χ0v) is 21.5. The predicted molar refractivity (Wildman–Crippen MR) is 124 cm³/mol. The molecule has 192 valence electrons. The van der Waals surface area contributed by atoms with Crippen molar-refractivity contribution in [1.29, 1.82) is 0 Å². The molecule has 0 unspecified atom stereocenters. The molecule has 0 atom stereocenters. The Hall–Kier alpha value is -1.18. The van der Waals surface area contributed by atoms with Gasteiger partial charge in [0.2, 0.25) is 0 Å². The molecule has 10 heteroatoms. The average Bonchev–Trinajstić information content (AvgIpc) is 2.84. The third-order valence-electron chi connectivity index (χ3n) is 7.54. The van der Waals surface area contributed by atoms with Gasteiger partial charge in [0.05, 0.1) is 0 Å². The van der Waals surface area contributed by atoms with Crippen LogP contribution in [0.15, 0.2) is 0 Å². The maximum absolute atomic E-state index is 10.4. The summed E-state index contributed by atoms with van der Waals surface area (Å²) in [6.07, 6.45) is 10.2. The van der Waals surface area contributed by atoms with Gasteiger partial charge in [-0.05, 0) is 132 Å². The number of nitrogens with two attached hydrogens (primary N) is 3. The fourth-order valence-electron chi connectivity index (χ4n) is 4.90. The second kappa shape index (κ2) is 18.1. The topological polar surface area (TPSA) is 198 Å². The van der Waals surface area contributed by atoms with Crippen molar-refractivity contribution < 1.29 is 29.7 Å². The molecule has 0 aliphatic heterocycles. The molecule has 0 spiro atoms. The summed E-state index contributed by atoms with van der Waals surface area (Å²) in [5, 5.41) is 31.2. The first kappa shape index (κ1) is 32.8. The van der Waals surface area contributed by atoms with Crippen molar-refractivity contribution in [2.75, 3.05) is 19.6 Å². The Kier molecular flexibility index (Phi) is 17.5. The smallest absolute Gasteiger partial charge is 0.550 e. The van der Waals surface area contributed by atoms with E-state index < -0.39 is 17.9 Å². The van der Waals surface area contributed by atoms with Crippen LogP contribution >= 0.6 is 0 Å². The summed E-state index contributed by atoms with van der Waals surface area (Å²) in [5.41, 5.74) is 16.4. The van der Waals surface area contributed by atoms with Gasteiger partial charge in [-0.15, -0.1) is 0 Å². The molecule has 3 aliphatic rings. The molecule has 3 fully saturated rings. The standard InChI is InChI=1S/3C8H15NO2.Al/c3*9-5-6-1-3-7(4-2-6)8(10)11;/h3*6-7H,1-5,9H2,(H,10,11);/q;;;+3/p-3. The number of carbonyl (C=O) groups is 3. The number of carboxylic acid groups (broad SMARTS) is 3. The zero-order chi connectivity index (χ0) is 24.8. The van der Waals surface area contributed by atoms with Gasteiger partial charge < -0.3 is 46.9 Å². The van der Waals surface area contributed by atoms with Crippen molar-refractivity contribution in [3.8, 4) is 0 Å². The molecule has 6 N–H and O–H groups in total. The first-order valence-electron chi connectivity index (χ1n) is 12.4. The van der Waals surface area contributed by atoms with Crippen molar-refractivity contribution in [3.63, 3.8) is 0 Å². The van der Waals surface area contributed by atoms with Gasteiger partial charge in [-0.1, -0.05) is 0 Å². The Morgan fingerprint density at radius 2 is 0.647 bits per heavy atom. The molecule has 0 amide bonds. The number of rotatable bonds is 6. The summed E-state index contributed by atoms with van der Waals surface area (Å²) in [7, 11) is 0. The van der Waals surface area contributed by atoms with Crippen LogP contribution in [0.4, 0.5) is 0 Å². The van der Waals surface area contributed by atoms with Crippen LogP contribution in [0.2, 0.25) is 0 Å². The summed E-state index contributed by atoms with van der Waals surface area (Å²) in [6.45, 7) is 2.08. The van der Waals surface area contributed by atoms with E-state index in [-0.39, 0.29) is 35.1 Å². The summed E-state index contributed by atoms with van der Waals surface area (Å²) >= 11 is 0. The fraction of sp³-hybridized carbons (Fsp3) is 0.875. The van der Waals surface area contributed by atoms with E-state index in [1.807, 2.05) is 0 Å². The molecule has 0 radical (unpaired) electrons. The van der Waals surface area contributed by atoms with Crippen LogP contribution in [-0.4, -0.2) is 54.9 Å². The molecule has 0 bridgehead atoms. The molecule has 3 aliphatic carbocycles. The molecule has 0 aromatic heterocycles. The molecular weight excluding hydrogens is 453 g/mol. The van der Waals surface area contributed by atoms with Crippen LogP contribution in [0.1, 0.15) is 77.0 Å². The molecule has 3 saturated carbocycles. The van der Waals surface area contributed by atoms with Crippen molar-refractivity contribution in [1.82, 2.24) is 0 Å². The van der Waals surface area contributed by atoms with Crippen LogP contribution in [-0.2, 0) is 14.4 Å². The monoisotopic (exact) mass is 495 g/mol. The largest absolute Gasteiger partial charge is 3.00 e. The van der Waals surface area contributed by atoms with Crippen molar-refractivity contribution in [2.45, 2.75) is 77.0 Å². The first-order valence-corrected chi connectivity index (χ1v) is 12.4. The molecule has 0 aromatic rings. The molecule has 34 heavy (non-hydrogen) atoms. The van der Waals surface area contributed by atoms with E-state index in [9.17, 15) is 29.7 Å². The van der Waals surface area contributed by atoms with Crippen LogP contribution < -0.4 is 32.5 Å². The summed E-state index contributed by atoms with van der Waals surface area (Å²) in [5.74, 6) is -1.66. The Morgan fingerprint density at radius 3 is 0.765 bits per heavy atom. The Balaban J connectivity index is 0.000000473. The van der Waals surface area contributed by atoms with Crippen molar-refractivity contribution in [2.24, 2.45) is 52.7 Å². The third-order valence-corrected chi connectivity index (χ3v) is 7.54. The van der Waals surface area contributed by atoms with Crippen LogP contribution in [0, 0.1) is 35.5 Å². The Bertz CT molecular complexity index is 504. The van der Waals surface area contributed by atoms with Gasteiger partial charge in [0, 0.05) is 17.9 Å². The Labute approximate surface area is 214 Å². The Morgan fingerprint density at radius 1 is 0.471 bits per heavy atom. The minimum Gasteiger partial charge on any atom is -0.550 e. The van der Waals surface area contributed by atoms with E-state index in [2.05, 4.69) is 0 Å². The summed E-state index contributed by atoms with van der Waals surface area (Å²) < 4.78 is 0. The quantitative estimate of drug-likeness (QED) is 0.353. The number of hydrogen-bond donors (Lipinski definition) is 3. The van der Waals surface area contributed by atoms with Crippen LogP contribution in [0.25, 0.3) is 0 Å². The zero-order valence-electron chi connectivity index (χ0n) is 20.3. The van der Waals surface area contributed by atoms with Gasteiger partial charge >= 0.3 is 17.4 Å². The maximum atomic E-state index is 10.4. The van der Waals surface area contributed by atoms with Gasteiger partial charge in [0.15, 0.2) is 0 Å². The van der Waals surface area contributed by atoms with Gasteiger partial charge in [-0.3, -0.25) is 0 Å². The average molecular weight is 496 g/mol. The number of carbonyl (C=O) groups excluding carboxylic acids is 3. The summed E-state index contributed by atoms with van der Waals surface area (Å²) in [6, 6.07) is 0. The third kappa shape index (κ3) is 12.5. The minimum atomic E-state index is -0.888. The first-order chi connectivity index (χ1) is 15.7. The normalized spacial score (nSPS) is 30.8. The second-order valence-electron chi connectivity index (χ2n) is 9.82. The van der Waals surface area contributed by atoms with E-state index in [4.69, 9.17) is 17.2 Å². The SMILES string of the molecule is NCC1CCC(C(=O)[O-])CC1.NCC1CCC(C(=O)[O-])CC1.NCC1CCC(C(=O)[O-])CC1.[Al+3]. The number of carboxylic acids is 3. The van der Waals surface area contributed by atoms with E-state index in [0.717, 1.165) is 77.0 Å². The van der Waals surface area contributed by atoms with Gasteiger partial charge in [0.1, 0.15) is 0 Å². The van der Waals surface area contributed by atoms with E-state index in [1.165, 1.54) is 0 Å². The molecular formula is C24H42AlN3O6. The van der Waals surface area contributed by atoms with Crippen molar-refractivity contribution in [3.05, 3.63) is 0 Å². The number of aliphatic carboxylic acids is 3. The van der Waals surface area contributed by atoms with Crippen molar-refractivity contribution >= 4 is 35.3 Å². The van der Waals surface area contributed by atoms with Gasteiger partial charge in [-0.25, -0.2) is 0 Å². The predicted octanol–water partition coefficient (Wildman–Crippen LogP) is -1.88. The molecule has 0 heterocycles. The van der Waals surface area contributed by atoms with E-state index in [1.54, 1.807) is 0 Å². The summed E-state index contributed by atoms with van der Waals surface area (Å²) in [4.78, 5) is 31.2. The van der Waals surface area contributed by atoms with Gasteiger partial charge in [-0.2, -0.15) is 0 Å². The van der Waals surface area contributed by atoms with Gasteiger partial charge in [0.25, 0.3) is 0 Å². The second-order valence-corrected chi connectivity index (χ2v) is 9.82. The molecule has 0 saturated heterocycles. The molecule has 9 nitrogen and oxygen atoms in total. The fourth-order valence-corrected chi connectivity index (χ4v) is 4.90. The van der Waals surface area contributed by atoms with Crippen LogP contribution in [0.3, 0.4) is 0 Å². The van der Waals surface area contributed by atoms with E-state index in [0.29, 0.717) is 37.4 Å². The van der Waals surface area contributed by atoms with Crippen LogP contribution in [0.5, 0.6) is 0 Å². The van der Waals surface area contributed by atoms with E-state index >= 15 is 0 Å². The minimum absolute atomic E-state index is 0. The maximum Gasteiger partial charge on any atom is 3.00 e. The number of hydrogen-bond acceptors (Lipinski definition) is 9. The molecule has 3 rings (SSSR count). The molecule has 0 aromatic carbocycles.